The van der Waals surface area contributed by atoms with Crippen LogP contribution < -0.4 is 4.74 Å². The molecule has 9 heteroatoms. The van der Waals surface area contributed by atoms with E-state index in [1.165, 1.54) is 0 Å². The smallest absolute Gasteiger partial charge is 0.341 e. The van der Waals surface area contributed by atoms with Crippen molar-refractivity contribution < 1.29 is 29.0 Å². The van der Waals surface area contributed by atoms with Gasteiger partial charge in [0.1, 0.15) is 0 Å². The molecule has 0 saturated heterocycles. The minimum Gasteiger partial charge on any atom is -0.479 e. The number of carboxylic acids is 1. The van der Waals surface area contributed by atoms with E-state index in [1.54, 1.807) is 19.2 Å². The molecule has 0 radical (unpaired) electrons. The number of hydrogen-bond donors (Lipinski definition) is 1. The van der Waals surface area contributed by atoms with Crippen molar-refractivity contribution in [3.05, 3.63) is 50.3 Å². The van der Waals surface area contributed by atoms with Gasteiger partial charge in [0.25, 0.3) is 0 Å². The highest BCUT2D eigenvalue weighted by Crippen LogP contribution is 2.55. The fourth-order valence-electron chi connectivity index (χ4n) is 6.04. The number of rotatable bonds is 8. The van der Waals surface area contributed by atoms with Gasteiger partial charge in [0.05, 0.1) is 10.0 Å². The van der Waals surface area contributed by atoms with Crippen LogP contribution in [0.1, 0.15) is 71.3 Å². The molecule has 0 aromatic heterocycles. The molecule has 1 aromatic rings. The summed E-state index contributed by atoms with van der Waals surface area (Å²) in [5.74, 6) is -1.67. The van der Waals surface area contributed by atoms with Crippen LogP contribution in [0.3, 0.4) is 0 Å². The number of ketones is 2. The van der Waals surface area contributed by atoms with Crippen LogP contribution in [0.15, 0.2) is 34.7 Å². The maximum Gasteiger partial charge on any atom is 0.341 e. The molecule has 7 nitrogen and oxygen atoms in total. The van der Waals surface area contributed by atoms with Crippen LogP contribution in [-0.2, 0) is 19.1 Å². The highest BCUT2D eigenvalue weighted by atomic mass is 35.5. The fraction of sp³-hybridized carbons (Fsp3) is 0.552. The molecule has 0 amide bonds. The average molecular weight is 565 g/mol. The summed E-state index contributed by atoms with van der Waals surface area (Å²) in [7, 11) is 1.67. The van der Waals surface area contributed by atoms with Crippen molar-refractivity contribution in [2.45, 2.75) is 65.7 Å². The number of aliphatic carboxylic acids is 1. The SMILES string of the molecule is COCCCN1C2=C(C(=O)CC(C)(C)C2)C(c2cc(Cl)c(OCC(=O)O)c(Cl)c2)C2=C1CC(C)(C)CC2=O. The number of allylic oxidation sites excluding steroid dienone is 4. The van der Waals surface area contributed by atoms with Crippen molar-refractivity contribution in [1.29, 1.82) is 0 Å². The molecule has 0 unspecified atom stereocenters. The van der Waals surface area contributed by atoms with E-state index in [1.807, 2.05) is 0 Å². The summed E-state index contributed by atoms with van der Waals surface area (Å²) in [6.45, 7) is 9.01. The highest BCUT2D eigenvalue weighted by Gasteiger charge is 2.49. The molecule has 3 aliphatic rings. The average Bonchev–Trinajstić information content (AvgIpc) is 2.77. The Morgan fingerprint density at radius 3 is 1.92 bits per heavy atom. The number of nitrogens with zero attached hydrogens (tertiary/aromatic N) is 1. The molecular formula is C29H35Cl2NO6. The lowest BCUT2D eigenvalue weighted by molar-refractivity contribution is -0.139. The van der Waals surface area contributed by atoms with E-state index in [2.05, 4.69) is 32.6 Å². The normalized spacial score (nSPS) is 21.0. The minimum atomic E-state index is -1.16. The van der Waals surface area contributed by atoms with E-state index < -0.39 is 18.5 Å². The summed E-state index contributed by atoms with van der Waals surface area (Å²) in [6.07, 6.45) is 2.90. The zero-order valence-corrected chi connectivity index (χ0v) is 24.1. The lowest BCUT2D eigenvalue weighted by atomic mass is 9.63. The van der Waals surface area contributed by atoms with Gasteiger partial charge in [0.15, 0.2) is 23.9 Å². The third-order valence-corrected chi connectivity index (χ3v) is 8.01. The number of hydrogen-bond acceptors (Lipinski definition) is 6. The number of carboxylic acid groups (broad SMARTS) is 1. The van der Waals surface area contributed by atoms with Crippen molar-refractivity contribution in [3.63, 3.8) is 0 Å². The summed E-state index contributed by atoms with van der Waals surface area (Å²) in [4.78, 5) is 40.9. The molecule has 2 aliphatic carbocycles. The van der Waals surface area contributed by atoms with Gasteiger partial charge >= 0.3 is 5.97 Å². The molecule has 0 spiro atoms. The molecule has 4 rings (SSSR count). The molecular weight excluding hydrogens is 529 g/mol. The van der Waals surface area contributed by atoms with Crippen molar-refractivity contribution in [2.24, 2.45) is 10.8 Å². The summed E-state index contributed by atoms with van der Waals surface area (Å²) in [5, 5.41) is 9.27. The summed E-state index contributed by atoms with van der Waals surface area (Å²) >= 11 is 13.1. The van der Waals surface area contributed by atoms with Crippen molar-refractivity contribution in [2.75, 3.05) is 26.9 Å². The topological polar surface area (TPSA) is 93.1 Å². The summed E-state index contributed by atoms with van der Waals surface area (Å²) in [6, 6.07) is 3.29. The third kappa shape index (κ3) is 5.65. The van der Waals surface area contributed by atoms with Crippen LogP contribution in [0.5, 0.6) is 5.75 Å². The maximum atomic E-state index is 13.8. The van der Waals surface area contributed by atoms with E-state index in [9.17, 15) is 14.4 Å². The second-order valence-electron chi connectivity index (χ2n) is 12.0. The fourth-order valence-corrected chi connectivity index (χ4v) is 6.65. The molecule has 1 aromatic carbocycles. The Morgan fingerprint density at radius 2 is 1.47 bits per heavy atom. The number of carbonyl (C=O) groups is 3. The first-order valence-corrected chi connectivity index (χ1v) is 13.6. The Morgan fingerprint density at radius 1 is 0.974 bits per heavy atom. The summed E-state index contributed by atoms with van der Waals surface area (Å²) < 4.78 is 10.6. The Labute approximate surface area is 233 Å². The predicted octanol–water partition coefficient (Wildman–Crippen LogP) is 6.18. The number of methoxy groups -OCH3 is 1. The quantitative estimate of drug-likeness (QED) is 0.377. The molecule has 1 N–H and O–H groups in total. The number of ether oxygens (including phenoxy) is 2. The second-order valence-corrected chi connectivity index (χ2v) is 12.8. The van der Waals surface area contributed by atoms with Gasteiger partial charge in [-0.05, 0) is 47.8 Å². The van der Waals surface area contributed by atoms with Crippen LogP contribution in [0.2, 0.25) is 10.0 Å². The van der Waals surface area contributed by atoms with Gasteiger partial charge in [-0.1, -0.05) is 50.9 Å². The first kappa shape index (κ1) is 28.7. The Bertz CT molecular complexity index is 1170. The van der Waals surface area contributed by atoms with Crippen LogP contribution in [0.4, 0.5) is 0 Å². The van der Waals surface area contributed by atoms with Gasteiger partial charge in [-0.2, -0.15) is 0 Å². The molecule has 38 heavy (non-hydrogen) atoms. The molecule has 1 aliphatic heterocycles. The van der Waals surface area contributed by atoms with E-state index >= 15 is 0 Å². The highest BCUT2D eigenvalue weighted by molar-refractivity contribution is 6.37. The van der Waals surface area contributed by atoms with Crippen molar-refractivity contribution >= 4 is 40.7 Å². The molecule has 206 valence electrons. The molecule has 1 heterocycles. The third-order valence-electron chi connectivity index (χ3n) is 7.45. The maximum absolute atomic E-state index is 13.8. The van der Waals surface area contributed by atoms with Gasteiger partial charge in [-0.15, -0.1) is 0 Å². The first-order chi connectivity index (χ1) is 17.7. The number of benzene rings is 1. The first-order valence-electron chi connectivity index (χ1n) is 12.9. The Balaban J connectivity index is 1.93. The van der Waals surface area contributed by atoms with Gasteiger partial charge in [-0.25, -0.2) is 4.79 Å². The molecule has 0 bridgehead atoms. The number of halogens is 2. The molecule has 0 fully saturated rings. The molecule has 0 saturated carbocycles. The van der Waals surface area contributed by atoms with Crippen LogP contribution in [0, 0.1) is 10.8 Å². The summed E-state index contributed by atoms with van der Waals surface area (Å²) in [5.41, 5.74) is 3.33. The zero-order chi connectivity index (χ0) is 28.0. The lowest BCUT2D eigenvalue weighted by Gasteiger charge is -2.49. The second kappa shape index (κ2) is 10.7. The van der Waals surface area contributed by atoms with Crippen LogP contribution in [-0.4, -0.2) is 54.4 Å². The zero-order valence-electron chi connectivity index (χ0n) is 22.6. The number of Topliss-reactive ketones (excluding diaryl/α,β-unsaturated/α-hetero) is 2. The Hall–Kier alpha value is -2.35. The van der Waals surface area contributed by atoms with Gasteiger partial charge in [0.2, 0.25) is 0 Å². The minimum absolute atomic E-state index is 0.0145. The monoisotopic (exact) mass is 563 g/mol. The van der Waals surface area contributed by atoms with Crippen molar-refractivity contribution in [1.82, 2.24) is 4.90 Å². The van der Waals surface area contributed by atoms with Gasteiger partial charge < -0.3 is 19.5 Å². The predicted molar refractivity (Wildman–Crippen MR) is 146 cm³/mol. The van der Waals surface area contributed by atoms with Gasteiger partial charge in [-0.3, -0.25) is 9.59 Å². The number of carbonyl (C=O) groups excluding carboxylic acids is 2. The van der Waals surface area contributed by atoms with Crippen LogP contribution >= 0.6 is 23.2 Å². The van der Waals surface area contributed by atoms with Crippen molar-refractivity contribution in [3.8, 4) is 5.75 Å². The van der Waals surface area contributed by atoms with E-state index in [0.717, 1.165) is 17.8 Å². The van der Waals surface area contributed by atoms with E-state index in [0.29, 0.717) is 55.5 Å². The standard InChI is InChI=1S/C29H35Cl2NO6/c1-28(2)11-19-25(21(33)13-28)24(16-9-17(30)27(18(31)10-16)38-15-23(35)36)26-20(32(19)7-6-8-37-5)12-29(3,4)14-22(26)34/h9-10,24H,6-8,11-15H2,1-5H3,(H,35,36). The van der Waals surface area contributed by atoms with E-state index in [-0.39, 0.29) is 38.2 Å². The van der Waals surface area contributed by atoms with E-state index in [4.69, 9.17) is 37.8 Å². The van der Waals surface area contributed by atoms with Crippen LogP contribution in [0.25, 0.3) is 0 Å². The Kier molecular flexibility index (Phi) is 8.04. The lowest BCUT2D eigenvalue weighted by Crippen LogP contribution is -2.44. The molecule has 0 atom stereocenters. The van der Waals surface area contributed by atoms with Gasteiger partial charge in [0, 0.05) is 61.6 Å². The largest absolute Gasteiger partial charge is 0.479 e.